The number of carbonyl (C=O) groups excluding carboxylic acids is 1. The van der Waals surface area contributed by atoms with Crippen LogP contribution in [0.5, 0.6) is 5.75 Å². The Hall–Kier alpha value is -1.22. The van der Waals surface area contributed by atoms with Crippen molar-refractivity contribution in [2.24, 2.45) is 0 Å². The summed E-state index contributed by atoms with van der Waals surface area (Å²) in [6.45, 7) is 6.55. The fourth-order valence-electron chi connectivity index (χ4n) is 1.68. The Bertz CT molecular complexity index is 421. The van der Waals surface area contributed by atoms with Gasteiger partial charge in [0.25, 0.3) is 0 Å². The summed E-state index contributed by atoms with van der Waals surface area (Å²) < 4.78 is 5.84. The van der Waals surface area contributed by atoms with Gasteiger partial charge in [-0.25, -0.2) is 0 Å². The lowest BCUT2D eigenvalue weighted by atomic mass is 10.1. The van der Waals surface area contributed by atoms with Gasteiger partial charge in [-0.3, -0.25) is 4.79 Å². The van der Waals surface area contributed by atoms with Crippen molar-refractivity contribution >= 4 is 17.5 Å². The Labute approximate surface area is 120 Å². The first kappa shape index (κ1) is 15.8. The van der Waals surface area contributed by atoms with Gasteiger partial charge >= 0.3 is 0 Å². The van der Waals surface area contributed by atoms with Crippen molar-refractivity contribution in [2.45, 2.75) is 39.7 Å². The van der Waals surface area contributed by atoms with E-state index in [1.807, 2.05) is 26.0 Å². The van der Waals surface area contributed by atoms with Crippen LogP contribution in [0.2, 0.25) is 0 Å². The Morgan fingerprint density at radius 2 is 2.16 bits per heavy atom. The highest BCUT2D eigenvalue weighted by Gasteiger charge is 2.09. The molecule has 3 nitrogen and oxygen atoms in total. The number of amides is 1. The zero-order valence-electron chi connectivity index (χ0n) is 11.8. The molecule has 1 N–H and O–H groups in total. The first-order chi connectivity index (χ1) is 9.04. The van der Waals surface area contributed by atoms with Gasteiger partial charge in [0.2, 0.25) is 5.91 Å². The lowest BCUT2D eigenvalue weighted by molar-refractivity contribution is -0.121. The SMILES string of the molecule is Cc1cccc(OC(C)CNC(=O)CCCCl)c1C. The maximum atomic E-state index is 11.5. The molecule has 1 aromatic rings. The molecule has 1 unspecified atom stereocenters. The fourth-order valence-corrected chi connectivity index (χ4v) is 1.82. The van der Waals surface area contributed by atoms with E-state index < -0.39 is 0 Å². The number of ether oxygens (including phenoxy) is 1. The lowest BCUT2D eigenvalue weighted by Crippen LogP contribution is -2.33. The van der Waals surface area contributed by atoms with Crippen molar-refractivity contribution in [3.8, 4) is 5.75 Å². The van der Waals surface area contributed by atoms with E-state index in [9.17, 15) is 4.79 Å². The average molecular weight is 284 g/mol. The van der Waals surface area contributed by atoms with Crippen LogP contribution in [0.15, 0.2) is 18.2 Å². The third kappa shape index (κ3) is 5.52. The first-order valence-electron chi connectivity index (χ1n) is 6.60. The van der Waals surface area contributed by atoms with Crippen LogP contribution < -0.4 is 10.1 Å². The number of carbonyl (C=O) groups is 1. The largest absolute Gasteiger partial charge is 0.489 e. The molecule has 0 aliphatic heterocycles. The van der Waals surface area contributed by atoms with Gasteiger partial charge in [-0.05, 0) is 44.4 Å². The van der Waals surface area contributed by atoms with Crippen molar-refractivity contribution in [3.63, 3.8) is 0 Å². The van der Waals surface area contributed by atoms with Crippen LogP contribution in [0.4, 0.5) is 0 Å². The van der Waals surface area contributed by atoms with Gasteiger partial charge in [0, 0.05) is 12.3 Å². The molecule has 0 saturated heterocycles. The number of hydrogen-bond acceptors (Lipinski definition) is 2. The average Bonchev–Trinajstić information content (AvgIpc) is 2.39. The minimum atomic E-state index is -0.0551. The monoisotopic (exact) mass is 283 g/mol. The maximum absolute atomic E-state index is 11.5. The highest BCUT2D eigenvalue weighted by atomic mass is 35.5. The lowest BCUT2D eigenvalue weighted by Gasteiger charge is -2.17. The van der Waals surface area contributed by atoms with E-state index in [1.54, 1.807) is 0 Å². The molecule has 0 spiro atoms. The quantitative estimate of drug-likeness (QED) is 0.781. The van der Waals surface area contributed by atoms with Crippen LogP contribution in [-0.4, -0.2) is 24.4 Å². The molecule has 4 heteroatoms. The first-order valence-corrected chi connectivity index (χ1v) is 7.13. The van der Waals surface area contributed by atoms with E-state index in [0.29, 0.717) is 25.3 Å². The van der Waals surface area contributed by atoms with Gasteiger partial charge in [-0.1, -0.05) is 12.1 Å². The molecule has 0 bridgehead atoms. The Morgan fingerprint density at radius 1 is 1.42 bits per heavy atom. The van der Waals surface area contributed by atoms with Gasteiger partial charge in [-0.2, -0.15) is 0 Å². The molecule has 0 radical (unpaired) electrons. The molecule has 19 heavy (non-hydrogen) atoms. The predicted octanol–water partition coefficient (Wildman–Crippen LogP) is 3.21. The van der Waals surface area contributed by atoms with Gasteiger partial charge in [0.15, 0.2) is 0 Å². The van der Waals surface area contributed by atoms with E-state index in [1.165, 1.54) is 5.56 Å². The van der Waals surface area contributed by atoms with Crippen molar-refractivity contribution in [1.29, 1.82) is 0 Å². The number of rotatable bonds is 7. The minimum absolute atomic E-state index is 0.0251. The summed E-state index contributed by atoms with van der Waals surface area (Å²) in [5.74, 6) is 1.42. The molecule has 0 fully saturated rings. The summed E-state index contributed by atoms with van der Waals surface area (Å²) in [5.41, 5.74) is 2.35. The zero-order valence-corrected chi connectivity index (χ0v) is 12.6. The van der Waals surface area contributed by atoms with E-state index >= 15 is 0 Å². The number of alkyl halides is 1. The Balaban J connectivity index is 2.41. The number of halogens is 1. The summed E-state index contributed by atoms with van der Waals surface area (Å²) in [4.78, 5) is 11.5. The molecule has 1 atom stereocenters. The molecule has 0 aliphatic carbocycles. The van der Waals surface area contributed by atoms with Gasteiger partial charge in [0.1, 0.15) is 11.9 Å². The third-order valence-electron chi connectivity index (χ3n) is 3.01. The second-order valence-corrected chi connectivity index (χ2v) is 5.10. The summed E-state index contributed by atoms with van der Waals surface area (Å²) in [6, 6.07) is 5.98. The van der Waals surface area contributed by atoms with Crippen LogP contribution >= 0.6 is 11.6 Å². The van der Waals surface area contributed by atoms with Crippen molar-refractivity contribution in [2.75, 3.05) is 12.4 Å². The van der Waals surface area contributed by atoms with Gasteiger partial charge in [0.05, 0.1) is 6.54 Å². The second kappa shape index (κ2) is 8.05. The number of aryl methyl sites for hydroxylation is 1. The number of nitrogens with one attached hydrogen (secondary N) is 1. The molecule has 0 heterocycles. The molecular formula is C15H22ClNO2. The predicted molar refractivity (Wildman–Crippen MR) is 79.0 cm³/mol. The topological polar surface area (TPSA) is 38.3 Å². The molecular weight excluding hydrogens is 262 g/mol. The van der Waals surface area contributed by atoms with Crippen molar-refractivity contribution < 1.29 is 9.53 Å². The van der Waals surface area contributed by atoms with Gasteiger partial charge in [-0.15, -0.1) is 11.6 Å². The van der Waals surface area contributed by atoms with Crippen LogP contribution in [0.3, 0.4) is 0 Å². The minimum Gasteiger partial charge on any atom is -0.489 e. The summed E-state index contributed by atoms with van der Waals surface area (Å²) in [5, 5.41) is 2.85. The standard InChI is InChI=1S/C15H22ClNO2/c1-11-6-4-7-14(13(11)3)19-12(2)10-17-15(18)8-5-9-16/h4,6-7,12H,5,8-10H2,1-3H3,(H,17,18). The van der Waals surface area contributed by atoms with E-state index in [-0.39, 0.29) is 12.0 Å². The zero-order chi connectivity index (χ0) is 14.3. The third-order valence-corrected chi connectivity index (χ3v) is 3.27. The molecule has 0 saturated carbocycles. The number of hydrogen-bond donors (Lipinski definition) is 1. The highest BCUT2D eigenvalue weighted by Crippen LogP contribution is 2.21. The Kier molecular flexibility index (Phi) is 6.71. The van der Waals surface area contributed by atoms with Crippen LogP contribution in [0.1, 0.15) is 30.9 Å². The summed E-state index contributed by atoms with van der Waals surface area (Å²) in [7, 11) is 0. The number of benzene rings is 1. The van der Waals surface area contributed by atoms with Crippen molar-refractivity contribution in [3.05, 3.63) is 29.3 Å². The van der Waals surface area contributed by atoms with Crippen LogP contribution in [-0.2, 0) is 4.79 Å². The maximum Gasteiger partial charge on any atom is 0.220 e. The van der Waals surface area contributed by atoms with Crippen molar-refractivity contribution in [1.82, 2.24) is 5.32 Å². The van der Waals surface area contributed by atoms with Gasteiger partial charge < -0.3 is 10.1 Å². The van der Waals surface area contributed by atoms with Crippen LogP contribution in [0.25, 0.3) is 0 Å². The summed E-state index contributed by atoms with van der Waals surface area (Å²) >= 11 is 5.54. The molecule has 0 aromatic heterocycles. The molecule has 106 valence electrons. The molecule has 1 aromatic carbocycles. The van der Waals surface area contributed by atoms with Crippen LogP contribution in [0, 0.1) is 13.8 Å². The molecule has 1 amide bonds. The van der Waals surface area contributed by atoms with E-state index in [4.69, 9.17) is 16.3 Å². The normalized spacial score (nSPS) is 12.0. The molecule has 1 rings (SSSR count). The van der Waals surface area contributed by atoms with E-state index in [0.717, 1.165) is 11.3 Å². The highest BCUT2D eigenvalue weighted by molar-refractivity contribution is 6.17. The fraction of sp³-hybridized carbons (Fsp3) is 0.533. The Morgan fingerprint density at radius 3 is 2.84 bits per heavy atom. The summed E-state index contributed by atoms with van der Waals surface area (Å²) in [6.07, 6.45) is 1.12. The molecule has 0 aliphatic rings. The van der Waals surface area contributed by atoms with E-state index in [2.05, 4.69) is 18.3 Å². The smallest absolute Gasteiger partial charge is 0.220 e. The second-order valence-electron chi connectivity index (χ2n) is 4.72.